The Kier molecular flexibility index (Phi) is 5.96. The number of aromatic nitrogens is 1. The summed E-state index contributed by atoms with van der Waals surface area (Å²) >= 11 is 1.22. The number of allylic oxidation sites excluding steroid dienone is 2. The van der Waals surface area contributed by atoms with E-state index in [2.05, 4.69) is 20.5 Å². The Hall–Kier alpha value is -2.60. The summed E-state index contributed by atoms with van der Waals surface area (Å²) in [5, 5.41) is 11.6. The van der Waals surface area contributed by atoms with Gasteiger partial charge in [-0.2, -0.15) is 22.8 Å². The number of thiazole rings is 1. The van der Waals surface area contributed by atoms with E-state index in [0.717, 1.165) is 37.3 Å². The van der Waals surface area contributed by atoms with E-state index in [1.807, 2.05) is 0 Å². The van der Waals surface area contributed by atoms with Gasteiger partial charge in [0.05, 0.1) is 11.3 Å². The van der Waals surface area contributed by atoms with Crippen molar-refractivity contribution >= 4 is 16.9 Å². The average molecular weight is 398 g/mol. The number of benzene rings is 1. The molecule has 9 heteroatoms. The van der Waals surface area contributed by atoms with Crippen LogP contribution in [0.25, 0.3) is 16.8 Å². The summed E-state index contributed by atoms with van der Waals surface area (Å²) in [6, 6.07) is 5.69. The SMILES string of the molecule is N#CC(=C1CCCC1)c1nc(-c2ccc(OC(F)F)cc2OC(F)F)cs1. The largest absolute Gasteiger partial charge is 0.435 e. The monoisotopic (exact) mass is 398 g/mol. The molecule has 1 heterocycles. The van der Waals surface area contributed by atoms with Gasteiger partial charge in [0, 0.05) is 17.0 Å². The minimum absolute atomic E-state index is 0.202. The van der Waals surface area contributed by atoms with Crippen LogP contribution in [0.3, 0.4) is 0 Å². The fraction of sp³-hybridized carbons (Fsp3) is 0.333. The van der Waals surface area contributed by atoms with Crippen molar-refractivity contribution in [1.29, 1.82) is 5.26 Å². The molecule has 1 aliphatic carbocycles. The van der Waals surface area contributed by atoms with Crippen LogP contribution >= 0.6 is 11.3 Å². The first-order valence-electron chi connectivity index (χ1n) is 8.10. The van der Waals surface area contributed by atoms with Crippen molar-refractivity contribution in [3.8, 4) is 28.8 Å². The summed E-state index contributed by atoms with van der Waals surface area (Å²) in [5.74, 6) is -0.627. The number of hydrogen-bond acceptors (Lipinski definition) is 5. The molecule has 1 fully saturated rings. The molecule has 1 aromatic carbocycles. The maximum Gasteiger partial charge on any atom is 0.387 e. The zero-order valence-electron chi connectivity index (χ0n) is 13.9. The Balaban J connectivity index is 1.97. The molecule has 0 bridgehead atoms. The Morgan fingerprint density at radius 3 is 2.44 bits per heavy atom. The fourth-order valence-electron chi connectivity index (χ4n) is 2.93. The Morgan fingerprint density at radius 2 is 1.81 bits per heavy atom. The van der Waals surface area contributed by atoms with Gasteiger partial charge in [-0.1, -0.05) is 0 Å². The average Bonchev–Trinajstić information content (AvgIpc) is 3.27. The van der Waals surface area contributed by atoms with Gasteiger partial charge in [-0.3, -0.25) is 0 Å². The molecule has 0 unspecified atom stereocenters. The summed E-state index contributed by atoms with van der Waals surface area (Å²) in [4.78, 5) is 4.38. The predicted octanol–water partition coefficient (Wildman–Crippen LogP) is 5.86. The smallest absolute Gasteiger partial charge is 0.387 e. The number of nitrogens with zero attached hydrogens (tertiary/aromatic N) is 2. The predicted molar refractivity (Wildman–Crippen MR) is 91.8 cm³/mol. The summed E-state index contributed by atoms with van der Waals surface area (Å²) in [6.45, 7) is -6.23. The van der Waals surface area contributed by atoms with E-state index in [4.69, 9.17) is 0 Å². The van der Waals surface area contributed by atoms with Crippen LogP contribution < -0.4 is 9.47 Å². The van der Waals surface area contributed by atoms with Gasteiger partial charge in [-0.15, -0.1) is 11.3 Å². The molecule has 0 N–H and O–H groups in total. The zero-order chi connectivity index (χ0) is 19.4. The van der Waals surface area contributed by atoms with Crippen LogP contribution in [-0.2, 0) is 0 Å². The van der Waals surface area contributed by atoms with Crippen LogP contribution in [0.2, 0.25) is 0 Å². The third-order valence-corrected chi connectivity index (χ3v) is 4.92. The van der Waals surface area contributed by atoms with Crippen LogP contribution in [-0.4, -0.2) is 18.2 Å². The van der Waals surface area contributed by atoms with E-state index in [9.17, 15) is 22.8 Å². The van der Waals surface area contributed by atoms with Crippen molar-refractivity contribution in [2.45, 2.75) is 38.9 Å². The van der Waals surface area contributed by atoms with Gasteiger partial charge in [0.1, 0.15) is 22.6 Å². The molecule has 27 heavy (non-hydrogen) atoms. The number of hydrogen-bond donors (Lipinski definition) is 0. The van der Waals surface area contributed by atoms with E-state index >= 15 is 0 Å². The van der Waals surface area contributed by atoms with Crippen LogP contribution in [0.1, 0.15) is 30.7 Å². The first-order chi connectivity index (χ1) is 13.0. The lowest BCUT2D eigenvalue weighted by Crippen LogP contribution is -2.05. The van der Waals surface area contributed by atoms with Crippen molar-refractivity contribution in [3.63, 3.8) is 0 Å². The molecule has 3 rings (SSSR count). The van der Waals surface area contributed by atoms with E-state index in [0.29, 0.717) is 16.3 Å². The molecule has 0 radical (unpaired) electrons. The molecule has 0 saturated heterocycles. The van der Waals surface area contributed by atoms with Gasteiger partial charge in [0.25, 0.3) is 0 Å². The summed E-state index contributed by atoms with van der Waals surface area (Å²) in [7, 11) is 0. The second kappa shape index (κ2) is 8.39. The molecule has 0 aliphatic heterocycles. The molecule has 2 aromatic rings. The number of nitriles is 1. The van der Waals surface area contributed by atoms with E-state index in [1.165, 1.54) is 23.5 Å². The molecule has 1 saturated carbocycles. The maximum atomic E-state index is 12.7. The topological polar surface area (TPSA) is 55.1 Å². The normalized spacial score (nSPS) is 13.9. The molecular formula is C18H14F4N2O2S. The first kappa shape index (κ1) is 19.2. The van der Waals surface area contributed by atoms with Gasteiger partial charge in [-0.25, -0.2) is 4.98 Å². The van der Waals surface area contributed by atoms with Crippen molar-refractivity contribution in [3.05, 3.63) is 34.2 Å². The van der Waals surface area contributed by atoms with Crippen LogP contribution in [0.4, 0.5) is 17.6 Å². The van der Waals surface area contributed by atoms with Crippen LogP contribution in [0.15, 0.2) is 29.2 Å². The van der Waals surface area contributed by atoms with Crippen LogP contribution in [0, 0.1) is 11.3 Å². The van der Waals surface area contributed by atoms with Crippen LogP contribution in [0.5, 0.6) is 11.5 Å². The van der Waals surface area contributed by atoms with E-state index in [1.54, 1.807) is 5.38 Å². The third-order valence-electron chi connectivity index (χ3n) is 4.06. The minimum Gasteiger partial charge on any atom is -0.435 e. The Morgan fingerprint density at radius 1 is 1.11 bits per heavy atom. The highest BCUT2D eigenvalue weighted by Crippen LogP contribution is 2.38. The Bertz CT molecular complexity index is 882. The number of halogens is 4. The Labute approximate surface area is 156 Å². The van der Waals surface area contributed by atoms with Gasteiger partial charge >= 0.3 is 13.2 Å². The van der Waals surface area contributed by atoms with Gasteiger partial charge in [0.2, 0.25) is 0 Å². The molecule has 1 aromatic heterocycles. The first-order valence-corrected chi connectivity index (χ1v) is 8.98. The lowest BCUT2D eigenvalue weighted by atomic mass is 10.1. The molecule has 0 spiro atoms. The standard InChI is InChI=1S/C18H14F4N2O2S/c19-17(20)25-11-5-6-12(15(7-11)26-18(21)22)14-9-27-16(24-14)13(8-23)10-3-1-2-4-10/h5-7,9,17-18H,1-4H2. The minimum atomic E-state index is -3.14. The molecule has 0 amide bonds. The number of rotatable bonds is 6. The summed E-state index contributed by atoms with van der Waals surface area (Å²) in [6.07, 6.45) is 3.74. The van der Waals surface area contributed by atoms with Crippen molar-refractivity contribution in [2.24, 2.45) is 0 Å². The second-order valence-corrected chi connectivity index (χ2v) is 6.61. The van der Waals surface area contributed by atoms with Gasteiger partial charge < -0.3 is 9.47 Å². The zero-order valence-corrected chi connectivity index (χ0v) is 14.7. The quantitative estimate of drug-likeness (QED) is 0.451. The molecule has 4 nitrogen and oxygen atoms in total. The van der Waals surface area contributed by atoms with E-state index < -0.39 is 13.2 Å². The lowest BCUT2D eigenvalue weighted by molar-refractivity contribution is -0.0540. The summed E-state index contributed by atoms with van der Waals surface area (Å²) in [5.41, 5.74) is 2.08. The molecule has 0 atom stereocenters. The van der Waals surface area contributed by atoms with Crippen molar-refractivity contribution in [1.82, 2.24) is 4.98 Å². The molecule has 142 valence electrons. The van der Waals surface area contributed by atoms with E-state index in [-0.39, 0.29) is 17.1 Å². The molecular weight excluding hydrogens is 384 g/mol. The highest BCUT2D eigenvalue weighted by Gasteiger charge is 2.20. The fourth-order valence-corrected chi connectivity index (χ4v) is 3.79. The van der Waals surface area contributed by atoms with Crippen molar-refractivity contribution in [2.75, 3.05) is 0 Å². The van der Waals surface area contributed by atoms with Gasteiger partial charge in [0.15, 0.2) is 0 Å². The highest BCUT2D eigenvalue weighted by atomic mass is 32.1. The number of ether oxygens (including phenoxy) is 2. The van der Waals surface area contributed by atoms with Gasteiger partial charge in [-0.05, 0) is 43.4 Å². The highest BCUT2D eigenvalue weighted by molar-refractivity contribution is 7.11. The maximum absolute atomic E-state index is 12.7. The number of alkyl halides is 4. The second-order valence-electron chi connectivity index (χ2n) is 5.75. The summed E-state index contributed by atoms with van der Waals surface area (Å²) < 4.78 is 58.8. The van der Waals surface area contributed by atoms with Crippen molar-refractivity contribution < 1.29 is 27.0 Å². The third kappa shape index (κ3) is 4.57. The lowest BCUT2D eigenvalue weighted by Gasteiger charge is -2.12. The molecule has 1 aliphatic rings.